The molecule has 0 unspecified atom stereocenters. The lowest BCUT2D eigenvalue weighted by molar-refractivity contribution is 0.349. The summed E-state index contributed by atoms with van der Waals surface area (Å²) in [7, 11) is 2.04. The van der Waals surface area contributed by atoms with Crippen LogP contribution in [-0.4, -0.2) is 25.2 Å². The van der Waals surface area contributed by atoms with E-state index in [1.54, 1.807) is 0 Å². The predicted molar refractivity (Wildman–Crippen MR) is 61.3 cm³/mol. The molecule has 0 bridgehead atoms. The van der Waals surface area contributed by atoms with E-state index in [4.69, 9.17) is 5.73 Å². The first-order chi connectivity index (χ1) is 6.63. The molecular formula is C12H20N2. The summed E-state index contributed by atoms with van der Waals surface area (Å²) in [5.41, 5.74) is 9.65. The van der Waals surface area contributed by atoms with Gasteiger partial charge in [0.15, 0.2) is 0 Å². The molecule has 1 aromatic rings. The number of nitrogens with two attached hydrogens (primary N) is 1. The van der Waals surface area contributed by atoms with E-state index < -0.39 is 0 Å². The summed E-state index contributed by atoms with van der Waals surface area (Å²) in [6, 6.07) is 6.65. The van der Waals surface area contributed by atoms with Crippen molar-refractivity contribution in [3.05, 3.63) is 34.9 Å². The first kappa shape index (κ1) is 11.2. The van der Waals surface area contributed by atoms with Gasteiger partial charge in [0.2, 0.25) is 0 Å². The normalized spacial score (nSPS) is 10.9. The van der Waals surface area contributed by atoms with E-state index in [0.29, 0.717) is 6.67 Å². The van der Waals surface area contributed by atoms with Crippen molar-refractivity contribution in [3.8, 4) is 0 Å². The van der Waals surface area contributed by atoms with Gasteiger partial charge in [0.25, 0.3) is 0 Å². The number of rotatable bonds is 4. The fraction of sp³-hybridized carbons (Fsp3) is 0.500. The maximum absolute atomic E-state index is 5.52. The van der Waals surface area contributed by atoms with Crippen molar-refractivity contribution in [1.29, 1.82) is 0 Å². The van der Waals surface area contributed by atoms with E-state index in [1.807, 2.05) is 7.05 Å². The lowest BCUT2D eigenvalue weighted by atomic mass is 10.0. The predicted octanol–water partition coefficient (Wildman–Crippen LogP) is 1.69. The molecule has 2 heteroatoms. The quantitative estimate of drug-likeness (QED) is 0.736. The minimum Gasteiger partial charge on any atom is -0.318 e. The number of hydrogen-bond donors (Lipinski definition) is 1. The first-order valence-electron chi connectivity index (χ1n) is 5.08. The van der Waals surface area contributed by atoms with Crippen molar-refractivity contribution in [2.45, 2.75) is 20.3 Å². The molecular weight excluding hydrogens is 172 g/mol. The number of aryl methyl sites for hydroxylation is 2. The van der Waals surface area contributed by atoms with Crippen LogP contribution in [0.2, 0.25) is 0 Å². The summed E-state index contributed by atoms with van der Waals surface area (Å²) >= 11 is 0. The van der Waals surface area contributed by atoms with Crippen molar-refractivity contribution < 1.29 is 0 Å². The molecule has 1 aromatic carbocycles. The molecule has 0 amide bonds. The van der Waals surface area contributed by atoms with Crippen LogP contribution >= 0.6 is 0 Å². The Morgan fingerprint density at radius 3 is 2.50 bits per heavy atom. The fourth-order valence-electron chi connectivity index (χ4n) is 1.37. The third kappa shape index (κ3) is 3.13. The van der Waals surface area contributed by atoms with Crippen molar-refractivity contribution >= 4 is 0 Å². The topological polar surface area (TPSA) is 29.3 Å². The van der Waals surface area contributed by atoms with Gasteiger partial charge in [-0.2, -0.15) is 0 Å². The van der Waals surface area contributed by atoms with Crippen LogP contribution in [0.15, 0.2) is 18.2 Å². The highest BCUT2D eigenvalue weighted by Gasteiger charge is 1.98. The third-order valence-electron chi connectivity index (χ3n) is 2.67. The van der Waals surface area contributed by atoms with Crippen LogP contribution in [0.1, 0.15) is 16.7 Å². The van der Waals surface area contributed by atoms with Gasteiger partial charge in [-0.3, -0.25) is 4.90 Å². The van der Waals surface area contributed by atoms with E-state index in [9.17, 15) is 0 Å². The Morgan fingerprint density at radius 2 is 1.93 bits per heavy atom. The largest absolute Gasteiger partial charge is 0.318 e. The molecule has 0 atom stereocenters. The molecule has 0 fully saturated rings. The van der Waals surface area contributed by atoms with Gasteiger partial charge >= 0.3 is 0 Å². The number of hydrogen-bond acceptors (Lipinski definition) is 2. The maximum Gasteiger partial charge on any atom is 0.0452 e. The lowest BCUT2D eigenvalue weighted by Crippen LogP contribution is -2.27. The Hall–Kier alpha value is -0.860. The van der Waals surface area contributed by atoms with Crippen molar-refractivity contribution in [2.24, 2.45) is 5.73 Å². The molecule has 14 heavy (non-hydrogen) atoms. The van der Waals surface area contributed by atoms with E-state index in [0.717, 1.165) is 13.0 Å². The highest BCUT2D eigenvalue weighted by Crippen LogP contribution is 2.10. The summed E-state index contributed by atoms with van der Waals surface area (Å²) < 4.78 is 0. The molecule has 1 rings (SSSR count). The highest BCUT2D eigenvalue weighted by molar-refractivity contribution is 5.29. The average molecular weight is 192 g/mol. The molecule has 0 heterocycles. The van der Waals surface area contributed by atoms with Crippen molar-refractivity contribution in [2.75, 3.05) is 20.3 Å². The fourth-order valence-corrected chi connectivity index (χ4v) is 1.37. The maximum atomic E-state index is 5.52. The van der Waals surface area contributed by atoms with Crippen molar-refractivity contribution in [3.63, 3.8) is 0 Å². The second-order valence-corrected chi connectivity index (χ2v) is 3.93. The summed E-state index contributed by atoms with van der Waals surface area (Å²) in [5.74, 6) is 0. The SMILES string of the molecule is Cc1ccc(CCN(C)CN)cc1C. The molecule has 0 aromatic heterocycles. The number of benzene rings is 1. The average Bonchev–Trinajstić information content (AvgIpc) is 2.19. The van der Waals surface area contributed by atoms with Gasteiger partial charge in [-0.1, -0.05) is 18.2 Å². The number of nitrogens with zero attached hydrogens (tertiary/aromatic N) is 1. The molecule has 2 N–H and O–H groups in total. The van der Waals surface area contributed by atoms with Gasteiger partial charge in [0.1, 0.15) is 0 Å². The van der Waals surface area contributed by atoms with Gasteiger partial charge in [-0.25, -0.2) is 0 Å². The third-order valence-corrected chi connectivity index (χ3v) is 2.67. The van der Waals surface area contributed by atoms with Crippen LogP contribution in [0.4, 0.5) is 0 Å². The van der Waals surface area contributed by atoms with E-state index >= 15 is 0 Å². The van der Waals surface area contributed by atoms with Crippen LogP contribution in [0.5, 0.6) is 0 Å². The van der Waals surface area contributed by atoms with Crippen molar-refractivity contribution in [1.82, 2.24) is 4.90 Å². The van der Waals surface area contributed by atoms with Crippen LogP contribution < -0.4 is 5.73 Å². The molecule has 0 radical (unpaired) electrons. The molecule has 0 aliphatic rings. The zero-order valence-corrected chi connectivity index (χ0v) is 9.38. The van der Waals surface area contributed by atoms with Crippen LogP contribution in [0.3, 0.4) is 0 Å². The second kappa shape index (κ2) is 5.13. The standard InChI is InChI=1S/C12H20N2/c1-10-4-5-12(8-11(10)2)6-7-14(3)9-13/h4-5,8H,6-7,9,13H2,1-3H3. The Bertz CT molecular complexity index is 294. The molecule has 2 nitrogen and oxygen atoms in total. The summed E-state index contributed by atoms with van der Waals surface area (Å²) in [6.45, 7) is 5.96. The number of likely N-dealkylation sites (N-methyl/N-ethyl adjacent to an activating group) is 1. The zero-order valence-electron chi connectivity index (χ0n) is 9.38. The molecule has 0 saturated heterocycles. The van der Waals surface area contributed by atoms with Gasteiger partial charge in [-0.05, 0) is 44.0 Å². The molecule has 0 spiro atoms. The molecule has 78 valence electrons. The summed E-state index contributed by atoms with van der Waals surface area (Å²) in [4.78, 5) is 2.12. The lowest BCUT2D eigenvalue weighted by Gasteiger charge is -2.13. The van der Waals surface area contributed by atoms with Gasteiger partial charge in [0, 0.05) is 13.2 Å². The summed E-state index contributed by atoms with van der Waals surface area (Å²) in [6.07, 6.45) is 1.08. The van der Waals surface area contributed by atoms with Gasteiger partial charge in [-0.15, -0.1) is 0 Å². The smallest absolute Gasteiger partial charge is 0.0452 e. The molecule has 0 saturated carbocycles. The Balaban J connectivity index is 2.55. The van der Waals surface area contributed by atoms with Crippen LogP contribution in [-0.2, 0) is 6.42 Å². The minimum absolute atomic E-state index is 0.630. The zero-order chi connectivity index (χ0) is 10.6. The summed E-state index contributed by atoms with van der Waals surface area (Å²) in [5, 5.41) is 0. The second-order valence-electron chi connectivity index (χ2n) is 3.93. The highest BCUT2D eigenvalue weighted by atomic mass is 15.1. The molecule has 0 aliphatic carbocycles. The van der Waals surface area contributed by atoms with Crippen LogP contribution in [0, 0.1) is 13.8 Å². The Morgan fingerprint density at radius 1 is 1.21 bits per heavy atom. The molecule has 0 aliphatic heterocycles. The van der Waals surface area contributed by atoms with E-state index in [-0.39, 0.29) is 0 Å². The van der Waals surface area contributed by atoms with Gasteiger partial charge in [0.05, 0.1) is 0 Å². The van der Waals surface area contributed by atoms with Gasteiger partial charge < -0.3 is 5.73 Å². The van der Waals surface area contributed by atoms with E-state index in [2.05, 4.69) is 36.9 Å². The first-order valence-corrected chi connectivity index (χ1v) is 5.08. The Kier molecular flexibility index (Phi) is 4.11. The monoisotopic (exact) mass is 192 g/mol. The van der Waals surface area contributed by atoms with E-state index in [1.165, 1.54) is 16.7 Å². The van der Waals surface area contributed by atoms with Crippen LogP contribution in [0.25, 0.3) is 0 Å². The minimum atomic E-state index is 0.630. The Labute approximate surface area is 86.7 Å².